The summed E-state index contributed by atoms with van der Waals surface area (Å²) in [4.78, 5) is 4.22. The summed E-state index contributed by atoms with van der Waals surface area (Å²) < 4.78 is 0. The molecule has 0 aliphatic heterocycles. The first-order chi connectivity index (χ1) is 6.81. The standard InChI is InChI=1S/C11H12N2O/c12-10(7-14)9-4-3-8-2-1-5-13-11(8)6-9/h1-6,10,14H,7,12H2/t10-/m1/s1. The summed E-state index contributed by atoms with van der Waals surface area (Å²) in [7, 11) is 0. The number of hydrogen-bond donors (Lipinski definition) is 2. The fourth-order valence-electron chi connectivity index (χ4n) is 1.42. The molecule has 0 saturated carbocycles. The highest BCUT2D eigenvalue weighted by Gasteiger charge is 2.04. The molecule has 0 spiro atoms. The molecule has 1 aromatic carbocycles. The molecule has 72 valence electrons. The maximum Gasteiger partial charge on any atom is 0.0705 e. The Hall–Kier alpha value is -1.45. The van der Waals surface area contributed by atoms with Crippen LogP contribution in [0, 0.1) is 0 Å². The lowest BCUT2D eigenvalue weighted by Crippen LogP contribution is -2.14. The smallest absolute Gasteiger partial charge is 0.0705 e. The Labute approximate surface area is 82.2 Å². The Morgan fingerprint density at radius 3 is 3.00 bits per heavy atom. The third kappa shape index (κ3) is 1.60. The maximum absolute atomic E-state index is 8.91. The van der Waals surface area contributed by atoms with Crippen molar-refractivity contribution < 1.29 is 5.11 Å². The summed E-state index contributed by atoms with van der Waals surface area (Å²) in [6.07, 6.45) is 1.75. The predicted molar refractivity (Wildman–Crippen MR) is 55.8 cm³/mol. The van der Waals surface area contributed by atoms with Crippen molar-refractivity contribution >= 4 is 10.9 Å². The maximum atomic E-state index is 8.91. The molecule has 2 rings (SSSR count). The van der Waals surface area contributed by atoms with Crippen molar-refractivity contribution in [3.8, 4) is 0 Å². The van der Waals surface area contributed by atoms with Gasteiger partial charge in [0.25, 0.3) is 0 Å². The summed E-state index contributed by atoms with van der Waals surface area (Å²) in [5.41, 5.74) is 7.53. The molecule has 1 atom stereocenters. The third-order valence-corrected chi connectivity index (χ3v) is 2.25. The molecule has 3 heteroatoms. The summed E-state index contributed by atoms with van der Waals surface area (Å²) in [6.45, 7) is -0.0433. The second-order valence-electron chi connectivity index (χ2n) is 3.24. The van der Waals surface area contributed by atoms with Gasteiger partial charge in [-0.1, -0.05) is 18.2 Å². The van der Waals surface area contributed by atoms with Gasteiger partial charge in [0, 0.05) is 11.6 Å². The molecule has 3 nitrogen and oxygen atoms in total. The van der Waals surface area contributed by atoms with Crippen LogP contribution in [0.4, 0.5) is 0 Å². The van der Waals surface area contributed by atoms with E-state index >= 15 is 0 Å². The highest BCUT2D eigenvalue weighted by molar-refractivity contribution is 5.78. The Morgan fingerprint density at radius 2 is 2.21 bits per heavy atom. The van der Waals surface area contributed by atoms with Gasteiger partial charge in [-0.2, -0.15) is 0 Å². The fraction of sp³-hybridized carbons (Fsp3) is 0.182. The van der Waals surface area contributed by atoms with Crippen LogP contribution in [0.15, 0.2) is 36.5 Å². The average Bonchev–Trinajstić information content (AvgIpc) is 2.27. The first-order valence-corrected chi connectivity index (χ1v) is 4.52. The molecule has 0 amide bonds. The Balaban J connectivity index is 2.51. The quantitative estimate of drug-likeness (QED) is 0.745. The number of aromatic nitrogens is 1. The number of benzene rings is 1. The fourth-order valence-corrected chi connectivity index (χ4v) is 1.42. The predicted octanol–water partition coefficient (Wildman–Crippen LogP) is 1.23. The number of nitrogens with zero attached hydrogens (tertiary/aromatic N) is 1. The minimum atomic E-state index is -0.318. The number of aliphatic hydroxyl groups is 1. The Kier molecular flexibility index (Phi) is 2.43. The zero-order chi connectivity index (χ0) is 9.97. The zero-order valence-electron chi connectivity index (χ0n) is 7.72. The van der Waals surface area contributed by atoms with E-state index in [1.165, 1.54) is 0 Å². The van der Waals surface area contributed by atoms with Crippen molar-refractivity contribution in [2.45, 2.75) is 6.04 Å². The topological polar surface area (TPSA) is 59.1 Å². The number of hydrogen-bond acceptors (Lipinski definition) is 3. The first kappa shape index (κ1) is 9.12. The monoisotopic (exact) mass is 188 g/mol. The summed E-state index contributed by atoms with van der Waals surface area (Å²) in [5, 5.41) is 10.00. The van der Waals surface area contributed by atoms with E-state index in [-0.39, 0.29) is 12.6 Å². The van der Waals surface area contributed by atoms with E-state index in [1.54, 1.807) is 6.20 Å². The second-order valence-corrected chi connectivity index (χ2v) is 3.24. The van der Waals surface area contributed by atoms with E-state index in [4.69, 9.17) is 10.8 Å². The molecule has 14 heavy (non-hydrogen) atoms. The van der Waals surface area contributed by atoms with Gasteiger partial charge in [-0.3, -0.25) is 4.98 Å². The third-order valence-electron chi connectivity index (χ3n) is 2.25. The average molecular weight is 188 g/mol. The molecule has 0 aliphatic carbocycles. The molecule has 0 unspecified atom stereocenters. The number of rotatable bonds is 2. The van der Waals surface area contributed by atoms with Crippen LogP contribution < -0.4 is 5.73 Å². The summed E-state index contributed by atoms with van der Waals surface area (Å²) in [6, 6.07) is 9.38. The van der Waals surface area contributed by atoms with Crippen molar-refractivity contribution in [1.82, 2.24) is 4.98 Å². The van der Waals surface area contributed by atoms with Crippen LogP contribution >= 0.6 is 0 Å². The van der Waals surface area contributed by atoms with E-state index in [2.05, 4.69) is 4.98 Å². The van der Waals surface area contributed by atoms with Crippen molar-refractivity contribution in [3.05, 3.63) is 42.1 Å². The second kappa shape index (κ2) is 3.74. The largest absolute Gasteiger partial charge is 0.394 e. The molecule has 0 aliphatic rings. The van der Waals surface area contributed by atoms with Gasteiger partial charge >= 0.3 is 0 Å². The number of fused-ring (bicyclic) bond motifs is 1. The van der Waals surface area contributed by atoms with Crippen LogP contribution in [0.25, 0.3) is 10.9 Å². The number of pyridine rings is 1. The molecule has 0 fully saturated rings. The first-order valence-electron chi connectivity index (χ1n) is 4.52. The number of nitrogens with two attached hydrogens (primary N) is 1. The van der Waals surface area contributed by atoms with Gasteiger partial charge in [-0.15, -0.1) is 0 Å². The lowest BCUT2D eigenvalue weighted by atomic mass is 10.1. The van der Waals surface area contributed by atoms with Gasteiger partial charge in [0.1, 0.15) is 0 Å². The number of aliphatic hydroxyl groups excluding tert-OH is 1. The summed E-state index contributed by atoms with van der Waals surface area (Å²) >= 11 is 0. The van der Waals surface area contributed by atoms with Crippen molar-refractivity contribution in [3.63, 3.8) is 0 Å². The van der Waals surface area contributed by atoms with Gasteiger partial charge < -0.3 is 10.8 Å². The van der Waals surface area contributed by atoms with Crippen LogP contribution in [0.5, 0.6) is 0 Å². The lowest BCUT2D eigenvalue weighted by molar-refractivity contribution is 0.268. The highest BCUT2D eigenvalue weighted by atomic mass is 16.3. The minimum Gasteiger partial charge on any atom is -0.394 e. The lowest BCUT2D eigenvalue weighted by Gasteiger charge is -2.08. The Morgan fingerprint density at radius 1 is 1.36 bits per heavy atom. The van der Waals surface area contributed by atoms with Crippen molar-refractivity contribution in [2.75, 3.05) is 6.61 Å². The van der Waals surface area contributed by atoms with E-state index in [0.29, 0.717) is 0 Å². The molecule has 0 bridgehead atoms. The molecular formula is C11H12N2O. The highest BCUT2D eigenvalue weighted by Crippen LogP contribution is 2.16. The van der Waals surface area contributed by atoms with Crippen LogP contribution in [0.1, 0.15) is 11.6 Å². The normalized spacial score (nSPS) is 13.0. The molecule has 1 heterocycles. The van der Waals surface area contributed by atoms with Crippen LogP contribution in [-0.4, -0.2) is 16.7 Å². The molecule has 0 radical (unpaired) electrons. The minimum absolute atomic E-state index is 0.0433. The summed E-state index contributed by atoms with van der Waals surface area (Å²) in [5.74, 6) is 0. The van der Waals surface area contributed by atoms with Gasteiger partial charge in [0.2, 0.25) is 0 Å². The van der Waals surface area contributed by atoms with Crippen molar-refractivity contribution in [1.29, 1.82) is 0 Å². The molecular weight excluding hydrogens is 176 g/mol. The van der Waals surface area contributed by atoms with Gasteiger partial charge in [0.05, 0.1) is 18.2 Å². The molecule has 0 saturated heterocycles. The van der Waals surface area contributed by atoms with E-state index < -0.39 is 0 Å². The van der Waals surface area contributed by atoms with Gasteiger partial charge in [-0.25, -0.2) is 0 Å². The molecule has 2 aromatic rings. The van der Waals surface area contributed by atoms with Crippen LogP contribution in [0.2, 0.25) is 0 Å². The van der Waals surface area contributed by atoms with Gasteiger partial charge in [0.15, 0.2) is 0 Å². The van der Waals surface area contributed by atoms with Crippen molar-refractivity contribution in [2.24, 2.45) is 5.73 Å². The zero-order valence-corrected chi connectivity index (χ0v) is 7.72. The van der Waals surface area contributed by atoms with E-state index in [9.17, 15) is 0 Å². The van der Waals surface area contributed by atoms with E-state index in [0.717, 1.165) is 16.5 Å². The van der Waals surface area contributed by atoms with E-state index in [1.807, 2.05) is 30.3 Å². The van der Waals surface area contributed by atoms with Crippen LogP contribution in [0.3, 0.4) is 0 Å². The molecule has 3 N–H and O–H groups in total. The molecule has 1 aromatic heterocycles. The SMILES string of the molecule is N[C@H](CO)c1ccc2cccnc2c1. The van der Waals surface area contributed by atoms with Crippen LogP contribution in [-0.2, 0) is 0 Å². The van der Waals surface area contributed by atoms with Gasteiger partial charge in [-0.05, 0) is 17.7 Å². The Bertz CT molecular complexity index is 442.